The maximum absolute atomic E-state index is 13.3. The van der Waals surface area contributed by atoms with E-state index in [9.17, 15) is 23.1 Å². The first kappa shape index (κ1) is 22.4. The average Bonchev–Trinajstić information content (AvgIpc) is 3.01. The third-order valence-electron chi connectivity index (χ3n) is 4.83. The second kappa shape index (κ2) is 8.81. The molecule has 1 heterocycles. The summed E-state index contributed by atoms with van der Waals surface area (Å²) in [6.07, 6.45) is -4.20. The number of hydrazone groups is 1. The molecule has 6 nitrogen and oxygen atoms in total. The minimum atomic E-state index is -4.55. The Kier molecular flexibility index (Phi) is 6.35. The fourth-order valence-electron chi connectivity index (χ4n) is 3.26. The van der Waals surface area contributed by atoms with Crippen LogP contribution in [0.4, 0.5) is 13.2 Å². The van der Waals surface area contributed by atoms with Crippen LogP contribution >= 0.6 is 0 Å². The topological polar surface area (TPSA) is 86.8 Å². The number of aromatic nitrogens is 1. The van der Waals surface area contributed by atoms with E-state index in [0.717, 1.165) is 17.7 Å². The molecule has 0 spiro atoms. The van der Waals surface area contributed by atoms with Crippen LogP contribution in [0, 0.1) is 6.92 Å². The van der Waals surface area contributed by atoms with Gasteiger partial charge in [-0.25, -0.2) is 5.43 Å². The number of amides is 1. The number of aryl methyl sites for hydroxylation is 1. The van der Waals surface area contributed by atoms with Crippen LogP contribution in [-0.4, -0.2) is 33.0 Å². The Balaban J connectivity index is 2.17. The molecule has 0 bridgehead atoms. The molecule has 0 unspecified atom stereocenters. The van der Waals surface area contributed by atoms with Gasteiger partial charge in [-0.1, -0.05) is 23.8 Å². The second-order valence-electron chi connectivity index (χ2n) is 7.16. The van der Waals surface area contributed by atoms with Crippen molar-refractivity contribution in [2.75, 3.05) is 6.61 Å². The van der Waals surface area contributed by atoms with E-state index in [0.29, 0.717) is 11.1 Å². The first-order chi connectivity index (χ1) is 14.6. The van der Waals surface area contributed by atoms with Crippen molar-refractivity contribution in [2.24, 2.45) is 5.10 Å². The van der Waals surface area contributed by atoms with Crippen LogP contribution in [0.1, 0.15) is 36.5 Å². The highest BCUT2D eigenvalue weighted by molar-refractivity contribution is 6.13. The summed E-state index contributed by atoms with van der Waals surface area (Å²) in [5.74, 6) is -0.710. The van der Waals surface area contributed by atoms with Gasteiger partial charge in [-0.15, -0.1) is 0 Å². The van der Waals surface area contributed by atoms with Gasteiger partial charge in [0.2, 0.25) is 11.8 Å². The quantitative estimate of drug-likeness (QED) is 0.401. The first-order valence-electron chi connectivity index (χ1n) is 9.59. The molecule has 31 heavy (non-hydrogen) atoms. The molecular weight excluding hydrogens is 411 g/mol. The van der Waals surface area contributed by atoms with Gasteiger partial charge in [-0.3, -0.25) is 9.36 Å². The number of rotatable bonds is 6. The molecule has 3 rings (SSSR count). The van der Waals surface area contributed by atoms with E-state index < -0.39 is 17.6 Å². The molecule has 0 aliphatic carbocycles. The molecule has 3 N–H and O–H groups in total. The summed E-state index contributed by atoms with van der Waals surface area (Å²) in [5.41, 5.74) is 3.54. The zero-order valence-electron chi connectivity index (χ0n) is 17.0. The fraction of sp³-hybridized carbons (Fsp3) is 0.273. The van der Waals surface area contributed by atoms with Crippen LogP contribution in [0.2, 0.25) is 0 Å². The second-order valence-corrected chi connectivity index (χ2v) is 7.16. The van der Waals surface area contributed by atoms with Crippen molar-refractivity contribution < 1.29 is 28.2 Å². The molecule has 1 amide bonds. The number of nitrogens with zero attached hydrogens (tertiary/aromatic N) is 2. The van der Waals surface area contributed by atoms with Crippen molar-refractivity contribution in [2.45, 2.75) is 32.9 Å². The number of aliphatic hydroxyl groups excluding tert-OH is 1. The van der Waals surface area contributed by atoms with Crippen LogP contribution in [0.5, 0.6) is 5.88 Å². The SMILES string of the molecule is C/C(=N\NC(=O)CCCO)c1c(O)n(-c2ccc(C)cc2)c2cc(C(F)(F)F)ccc12. The van der Waals surface area contributed by atoms with E-state index in [4.69, 9.17) is 5.11 Å². The van der Waals surface area contributed by atoms with Crippen molar-refractivity contribution in [1.82, 2.24) is 9.99 Å². The lowest BCUT2D eigenvalue weighted by atomic mass is 10.1. The van der Waals surface area contributed by atoms with Crippen LogP contribution in [0.25, 0.3) is 16.6 Å². The number of alkyl halides is 3. The minimum absolute atomic E-state index is 0.0688. The van der Waals surface area contributed by atoms with E-state index in [1.807, 2.05) is 6.92 Å². The Labute approximate surface area is 176 Å². The summed E-state index contributed by atoms with van der Waals surface area (Å²) >= 11 is 0. The van der Waals surface area contributed by atoms with Gasteiger partial charge < -0.3 is 10.2 Å². The smallest absolute Gasteiger partial charge is 0.416 e. The van der Waals surface area contributed by atoms with E-state index in [1.165, 1.54) is 17.6 Å². The van der Waals surface area contributed by atoms with Gasteiger partial charge in [0.1, 0.15) is 0 Å². The third kappa shape index (κ3) is 4.72. The number of halogens is 3. The lowest BCUT2D eigenvalue weighted by Crippen LogP contribution is -2.19. The van der Waals surface area contributed by atoms with Crippen LogP contribution in [0.15, 0.2) is 47.6 Å². The minimum Gasteiger partial charge on any atom is -0.494 e. The van der Waals surface area contributed by atoms with Gasteiger partial charge in [-0.05, 0) is 44.5 Å². The van der Waals surface area contributed by atoms with Gasteiger partial charge in [-0.2, -0.15) is 18.3 Å². The molecule has 0 aliphatic heterocycles. The number of fused-ring (bicyclic) bond motifs is 1. The van der Waals surface area contributed by atoms with E-state index in [1.54, 1.807) is 24.3 Å². The molecule has 0 atom stereocenters. The highest BCUT2D eigenvalue weighted by Crippen LogP contribution is 2.38. The molecule has 0 fully saturated rings. The normalized spacial score (nSPS) is 12.4. The van der Waals surface area contributed by atoms with E-state index >= 15 is 0 Å². The number of aromatic hydroxyl groups is 1. The molecule has 1 aromatic heterocycles. The number of hydrogen-bond donors (Lipinski definition) is 3. The van der Waals surface area contributed by atoms with Gasteiger partial charge in [0.05, 0.1) is 22.4 Å². The number of carbonyl (C=O) groups excluding carboxylic acids is 1. The fourth-order valence-corrected chi connectivity index (χ4v) is 3.26. The van der Waals surface area contributed by atoms with Crippen molar-refractivity contribution in [3.8, 4) is 11.6 Å². The Morgan fingerprint density at radius 2 is 1.84 bits per heavy atom. The predicted molar refractivity (Wildman–Crippen MR) is 111 cm³/mol. The Bertz CT molecular complexity index is 1130. The van der Waals surface area contributed by atoms with Gasteiger partial charge in [0.25, 0.3) is 0 Å². The standard InChI is InChI=1S/C22H22F3N3O3/c1-13-5-8-16(9-6-13)28-18-12-15(22(23,24)25)7-10-17(18)20(21(28)31)14(2)26-27-19(30)4-3-11-29/h5-10,12,29,31H,3-4,11H2,1-2H3,(H,27,30)/b26-14+. The van der Waals surface area contributed by atoms with E-state index in [2.05, 4.69) is 10.5 Å². The highest BCUT2D eigenvalue weighted by Gasteiger charge is 2.32. The monoisotopic (exact) mass is 433 g/mol. The number of benzene rings is 2. The first-order valence-corrected chi connectivity index (χ1v) is 9.59. The van der Waals surface area contributed by atoms with Crippen molar-refractivity contribution in [1.29, 1.82) is 0 Å². The zero-order valence-corrected chi connectivity index (χ0v) is 17.0. The summed E-state index contributed by atoms with van der Waals surface area (Å²) in [7, 11) is 0. The predicted octanol–water partition coefficient (Wildman–Crippen LogP) is 4.28. The lowest BCUT2D eigenvalue weighted by Gasteiger charge is -2.10. The lowest BCUT2D eigenvalue weighted by molar-refractivity contribution is -0.137. The van der Waals surface area contributed by atoms with Gasteiger partial charge >= 0.3 is 6.18 Å². The average molecular weight is 433 g/mol. The molecule has 0 saturated heterocycles. The Hall–Kier alpha value is -3.33. The van der Waals surface area contributed by atoms with Crippen molar-refractivity contribution in [3.63, 3.8) is 0 Å². The molecule has 164 valence electrons. The number of carbonyl (C=O) groups is 1. The third-order valence-corrected chi connectivity index (χ3v) is 4.83. The Morgan fingerprint density at radius 3 is 2.45 bits per heavy atom. The molecule has 3 aromatic rings. The summed E-state index contributed by atoms with van der Waals surface area (Å²) in [4.78, 5) is 11.8. The molecule has 0 saturated carbocycles. The molecular formula is C22H22F3N3O3. The van der Waals surface area contributed by atoms with Gasteiger partial charge in [0.15, 0.2) is 0 Å². The summed E-state index contributed by atoms with van der Waals surface area (Å²) in [6, 6.07) is 10.2. The number of nitrogens with one attached hydrogen (secondary N) is 1. The zero-order chi connectivity index (χ0) is 22.8. The van der Waals surface area contributed by atoms with Crippen LogP contribution in [0.3, 0.4) is 0 Å². The number of aliphatic hydroxyl groups is 1. The maximum atomic E-state index is 13.3. The van der Waals surface area contributed by atoms with E-state index in [-0.39, 0.29) is 42.1 Å². The molecule has 2 aromatic carbocycles. The molecule has 0 aliphatic rings. The molecule has 0 radical (unpaired) electrons. The summed E-state index contributed by atoms with van der Waals surface area (Å²) in [5, 5.41) is 24.1. The van der Waals surface area contributed by atoms with Crippen LogP contribution in [-0.2, 0) is 11.0 Å². The maximum Gasteiger partial charge on any atom is 0.416 e. The Morgan fingerprint density at radius 1 is 1.16 bits per heavy atom. The number of hydrogen-bond acceptors (Lipinski definition) is 4. The van der Waals surface area contributed by atoms with Gasteiger partial charge in [0, 0.05) is 24.1 Å². The molecule has 9 heteroatoms. The summed E-state index contributed by atoms with van der Waals surface area (Å²) < 4.78 is 41.3. The summed E-state index contributed by atoms with van der Waals surface area (Å²) in [6.45, 7) is 3.28. The van der Waals surface area contributed by atoms with Crippen LogP contribution < -0.4 is 5.43 Å². The van der Waals surface area contributed by atoms with Crippen molar-refractivity contribution in [3.05, 3.63) is 59.2 Å². The van der Waals surface area contributed by atoms with Crippen molar-refractivity contribution >= 4 is 22.5 Å². The highest BCUT2D eigenvalue weighted by atomic mass is 19.4. The largest absolute Gasteiger partial charge is 0.494 e.